The Kier molecular flexibility index (Phi) is 4.51. The van der Waals surface area contributed by atoms with E-state index in [1.54, 1.807) is 0 Å². The van der Waals surface area contributed by atoms with Gasteiger partial charge in [-0.25, -0.2) is 4.79 Å². The maximum absolute atomic E-state index is 11.9. The van der Waals surface area contributed by atoms with Gasteiger partial charge in [-0.1, -0.05) is 11.8 Å². The summed E-state index contributed by atoms with van der Waals surface area (Å²) in [7, 11) is 0. The molecule has 2 aliphatic rings. The van der Waals surface area contributed by atoms with Gasteiger partial charge in [-0.3, -0.25) is 19.1 Å². The highest BCUT2D eigenvalue weighted by atomic mass is 32.2. The second kappa shape index (κ2) is 6.45. The molecule has 1 saturated heterocycles. The highest BCUT2D eigenvalue weighted by Gasteiger charge is 2.51. The molecule has 1 unspecified atom stereocenters. The monoisotopic (exact) mass is 371 g/mol. The van der Waals surface area contributed by atoms with Crippen LogP contribution in [0.5, 0.6) is 0 Å². The van der Waals surface area contributed by atoms with Crippen LogP contribution in [0.4, 0.5) is 0 Å². The Hall–Kier alpha value is -2.05. The first kappa shape index (κ1) is 16.8. The Bertz CT molecular complexity index is 748. The van der Waals surface area contributed by atoms with Crippen LogP contribution in [-0.4, -0.2) is 70.6 Å². The van der Waals surface area contributed by atoms with Gasteiger partial charge in [0.1, 0.15) is 30.0 Å². The summed E-state index contributed by atoms with van der Waals surface area (Å²) in [6.45, 7) is -0.281. The van der Waals surface area contributed by atoms with Crippen molar-refractivity contribution in [2.45, 2.75) is 23.1 Å². The quantitative estimate of drug-likeness (QED) is 0.421. The zero-order chi connectivity index (χ0) is 17.4. The third-order valence-corrected chi connectivity index (χ3v) is 5.98. The van der Waals surface area contributed by atoms with E-state index in [1.165, 1.54) is 39.3 Å². The van der Waals surface area contributed by atoms with Gasteiger partial charge < -0.3 is 15.9 Å². The lowest BCUT2D eigenvalue weighted by Gasteiger charge is -2.48. The molecule has 0 saturated carbocycles. The molecule has 1 aromatic heterocycles. The Morgan fingerprint density at radius 2 is 2.21 bits per heavy atom. The molecule has 0 aromatic carbocycles. The first-order chi connectivity index (χ1) is 11.4. The van der Waals surface area contributed by atoms with Gasteiger partial charge in [-0.15, -0.1) is 22.0 Å². The van der Waals surface area contributed by atoms with Crippen molar-refractivity contribution in [3.05, 3.63) is 17.6 Å². The first-order valence-electron chi connectivity index (χ1n) is 6.78. The summed E-state index contributed by atoms with van der Waals surface area (Å²) in [4.78, 5) is 35.4. The van der Waals surface area contributed by atoms with E-state index in [0.717, 1.165) is 0 Å². The fourth-order valence-electron chi connectivity index (χ4n) is 2.45. The number of thioether (sulfide) groups is 2. The van der Waals surface area contributed by atoms with Crippen molar-refractivity contribution in [3.63, 3.8) is 0 Å². The third-order valence-electron chi connectivity index (χ3n) is 3.55. The Morgan fingerprint density at radius 3 is 2.88 bits per heavy atom. The summed E-state index contributed by atoms with van der Waals surface area (Å²) in [5, 5.41) is 25.8. The van der Waals surface area contributed by atoms with E-state index in [2.05, 4.69) is 10.2 Å². The summed E-state index contributed by atoms with van der Waals surface area (Å²) in [6.07, 6.45) is 1.30. The third kappa shape index (κ3) is 2.87. The average Bonchev–Trinajstić information content (AvgIpc) is 2.97. The standard InChI is InChI=1S/C12H13N5O5S2/c13-7-9(20)17-8(11(21)22)5(2-23-10(7)17)3-24-12-15-14-4-16(12)1-6(18)19/h4,7,10H,1-3,13H2,(H,18,19)(H,21,22)/t7?,10-/m0/s1. The zero-order valence-corrected chi connectivity index (χ0v) is 13.8. The number of aromatic nitrogens is 3. The van der Waals surface area contributed by atoms with Crippen molar-refractivity contribution in [2.75, 3.05) is 11.5 Å². The highest BCUT2D eigenvalue weighted by molar-refractivity contribution is 8.01. The molecule has 3 heterocycles. The van der Waals surface area contributed by atoms with E-state index in [-0.39, 0.29) is 23.4 Å². The summed E-state index contributed by atoms with van der Waals surface area (Å²) in [5.41, 5.74) is 6.22. The van der Waals surface area contributed by atoms with Crippen LogP contribution < -0.4 is 5.73 Å². The topological polar surface area (TPSA) is 152 Å². The second-order valence-electron chi connectivity index (χ2n) is 5.12. The van der Waals surface area contributed by atoms with E-state index >= 15 is 0 Å². The van der Waals surface area contributed by atoms with Crippen LogP contribution in [-0.2, 0) is 20.9 Å². The van der Waals surface area contributed by atoms with E-state index < -0.39 is 23.9 Å². The highest BCUT2D eigenvalue weighted by Crippen LogP contribution is 2.40. The number of carbonyl (C=O) groups excluding carboxylic acids is 1. The molecule has 4 N–H and O–H groups in total. The van der Waals surface area contributed by atoms with Gasteiger partial charge in [0, 0.05) is 11.5 Å². The fraction of sp³-hybridized carbons (Fsp3) is 0.417. The molecular formula is C12H13N5O5S2. The van der Waals surface area contributed by atoms with Crippen LogP contribution in [0, 0.1) is 0 Å². The number of carboxylic acids is 2. The Balaban J connectivity index is 1.78. The van der Waals surface area contributed by atoms with Crippen molar-refractivity contribution >= 4 is 41.4 Å². The van der Waals surface area contributed by atoms with Crippen molar-refractivity contribution in [2.24, 2.45) is 5.73 Å². The number of β-lactam (4-membered cyclic amide) rings is 1. The van der Waals surface area contributed by atoms with Gasteiger partial charge in [0.15, 0.2) is 5.16 Å². The van der Waals surface area contributed by atoms with Gasteiger partial charge in [0.2, 0.25) is 5.91 Å². The van der Waals surface area contributed by atoms with Crippen LogP contribution in [0.2, 0.25) is 0 Å². The van der Waals surface area contributed by atoms with Gasteiger partial charge in [-0.05, 0) is 5.57 Å². The lowest BCUT2D eigenvalue weighted by molar-refractivity contribution is -0.147. The molecular weight excluding hydrogens is 358 g/mol. The minimum atomic E-state index is -1.18. The summed E-state index contributed by atoms with van der Waals surface area (Å²) in [6, 6.07) is -0.669. The number of amides is 1. The van der Waals surface area contributed by atoms with Gasteiger partial charge in [0.05, 0.1) is 0 Å². The zero-order valence-electron chi connectivity index (χ0n) is 12.2. The van der Waals surface area contributed by atoms with Crippen molar-refractivity contribution in [1.29, 1.82) is 0 Å². The second-order valence-corrected chi connectivity index (χ2v) is 7.16. The average molecular weight is 371 g/mol. The molecule has 0 bridgehead atoms. The van der Waals surface area contributed by atoms with E-state index in [4.69, 9.17) is 10.8 Å². The number of aliphatic carboxylic acids is 2. The van der Waals surface area contributed by atoms with Crippen LogP contribution in [0.15, 0.2) is 22.8 Å². The SMILES string of the molecule is NC1C(=O)N2C(C(=O)O)=C(CSc3nncn3CC(=O)O)CS[C@@H]12. The maximum Gasteiger partial charge on any atom is 0.352 e. The molecule has 0 radical (unpaired) electrons. The van der Waals surface area contributed by atoms with E-state index in [0.29, 0.717) is 16.5 Å². The fourth-order valence-corrected chi connectivity index (χ4v) is 4.80. The number of carboxylic acid groups (broad SMARTS) is 2. The first-order valence-corrected chi connectivity index (χ1v) is 8.81. The molecule has 10 nitrogen and oxygen atoms in total. The number of rotatable bonds is 6. The van der Waals surface area contributed by atoms with Crippen molar-refractivity contribution in [3.8, 4) is 0 Å². The smallest absolute Gasteiger partial charge is 0.352 e. The predicted octanol–water partition coefficient (Wildman–Crippen LogP) is -0.964. The molecule has 1 aromatic rings. The van der Waals surface area contributed by atoms with Gasteiger partial charge >= 0.3 is 11.9 Å². The summed E-state index contributed by atoms with van der Waals surface area (Å²) in [5.74, 6) is -1.91. The molecule has 24 heavy (non-hydrogen) atoms. The van der Waals surface area contributed by atoms with Gasteiger partial charge in [0.25, 0.3) is 0 Å². The summed E-state index contributed by atoms with van der Waals surface area (Å²) >= 11 is 2.59. The number of nitrogens with zero attached hydrogens (tertiary/aromatic N) is 4. The normalized spacial score (nSPS) is 23.0. The van der Waals surface area contributed by atoms with Crippen LogP contribution >= 0.6 is 23.5 Å². The molecule has 0 aliphatic carbocycles. The van der Waals surface area contributed by atoms with Crippen molar-refractivity contribution in [1.82, 2.24) is 19.7 Å². The molecule has 0 spiro atoms. The van der Waals surface area contributed by atoms with E-state index in [1.807, 2.05) is 0 Å². The van der Waals surface area contributed by atoms with Gasteiger partial charge in [-0.2, -0.15) is 0 Å². The van der Waals surface area contributed by atoms with Crippen molar-refractivity contribution < 1.29 is 24.6 Å². The minimum Gasteiger partial charge on any atom is -0.480 e. The largest absolute Gasteiger partial charge is 0.480 e. The maximum atomic E-state index is 11.9. The van der Waals surface area contributed by atoms with Crippen LogP contribution in [0.3, 0.4) is 0 Å². The number of nitrogens with two attached hydrogens (primary N) is 1. The Labute approximate surface area is 144 Å². The number of carbonyl (C=O) groups is 3. The molecule has 2 atom stereocenters. The molecule has 1 amide bonds. The molecule has 12 heteroatoms. The molecule has 3 rings (SSSR count). The van der Waals surface area contributed by atoms with E-state index in [9.17, 15) is 19.5 Å². The molecule has 1 fully saturated rings. The molecule has 2 aliphatic heterocycles. The number of hydrogen-bond acceptors (Lipinski definition) is 8. The lowest BCUT2D eigenvalue weighted by Crippen LogP contribution is -2.68. The lowest BCUT2D eigenvalue weighted by atomic mass is 10.0. The minimum absolute atomic E-state index is 0.0396. The van der Waals surface area contributed by atoms with Crippen LogP contribution in [0.25, 0.3) is 0 Å². The van der Waals surface area contributed by atoms with Crippen LogP contribution in [0.1, 0.15) is 0 Å². The number of hydrogen-bond donors (Lipinski definition) is 3. The number of fused-ring (bicyclic) bond motifs is 1. The predicted molar refractivity (Wildman–Crippen MR) is 84.1 cm³/mol. The Morgan fingerprint density at radius 1 is 1.46 bits per heavy atom. The summed E-state index contributed by atoms with van der Waals surface area (Å²) < 4.78 is 1.36. The molecule has 128 valence electrons.